The number of rotatable bonds is 0. The molecule has 2 heteroatoms. The van der Waals surface area contributed by atoms with Gasteiger partial charge in [-0.25, -0.2) is 0 Å². The number of alkyl halides is 2. The maximum absolute atomic E-state index is 6.37. The maximum Gasteiger partial charge on any atom is 0.0678 e. The highest BCUT2D eigenvalue weighted by molar-refractivity contribution is 6.36. The van der Waals surface area contributed by atoms with Gasteiger partial charge in [0.15, 0.2) is 0 Å². The van der Waals surface area contributed by atoms with Crippen LogP contribution in [0.5, 0.6) is 0 Å². The molecule has 0 amide bonds. The SMILES string of the molecule is ClC1C2C3CC4C(C32)C14Cl. The molecule has 0 aromatic rings. The molecule has 4 aliphatic rings. The Morgan fingerprint density at radius 3 is 2.40 bits per heavy atom. The lowest BCUT2D eigenvalue weighted by Crippen LogP contribution is -2.25. The highest BCUT2D eigenvalue weighted by Gasteiger charge is 2.90. The van der Waals surface area contributed by atoms with Gasteiger partial charge < -0.3 is 0 Å². The Hall–Kier alpha value is 0.580. The summed E-state index contributed by atoms with van der Waals surface area (Å²) < 4.78 is 0. The lowest BCUT2D eigenvalue weighted by Gasteiger charge is -2.20. The van der Waals surface area contributed by atoms with Crippen LogP contribution in [-0.2, 0) is 0 Å². The van der Waals surface area contributed by atoms with Gasteiger partial charge in [-0.2, -0.15) is 0 Å². The monoisotopic (exact) mass is 174 g/mol. The lowest BCUT2D eigenvalue weighted by molar-refractivity contribution is 0.481. The minimum absolute atomic E-state index is 0.103. The molecule has 7 atom stereocenters. The summed E-state index contributed by atoms with van der Waals surface area (Å²) in [5, 5.41) is 0.341. The summed E-state index contributed by atoms with van der Waals surface area (Å²) in [5.74, 6) is 4.51. The van der Waals surface area contributed by atoms with Crippen LogP contribution in [0, 0.1) is 29.6 Å². The topological polar surface area (TPSA) is 0 Å². The van der Waals surface area contributed by atoms with Crippen molar-refractivity contribution in [1.29, 1.82) is 0 Å². The van der Waals surface area contributed by atoms with E-state index in [9.17, 15) is 0 Å². The molecule has 0 nitrogen and oxygen atoms in total. The van der Waals surface area contributed by atoms with Crippen molar-refractivity contribution in [2.24, 2.45) is 29.6 Å². The van der Waals surface area contributed by atoms with Crippen molar-refractivity contribution in [2.75, 3.05) is 0 Å². The van der Waals surface area contributed by atoms with Crippen molar-refractivity contribution in [2.45, 2.75) is 16.7 Å². The minimum Gasteiger partial charge on any atom is -0.121 e. The second-order valence-corrected chi connectivity index (χ2v) is 5.54. The normalized spacial score (nSPS) is 87.0. The maximum atomic E-state index is 6.37. The number of fused-ring (bicyclic) bond motifs is 2. The van der Waals surface area contributed by atoms with Gasteiger partial charge in [-0.05, 0) is 36.0 Å². The summed E-state index contributed by atoms with van der Waals surface area (Å²) in [6, 6.07) is 0. The minimum atomic E-state index is 0.103. The van der Waals surface area contributed by atoms with Gasteiger partial charge in [-0.1, -0.05) is 0 Å². The van der Waals surface area contributed by atoms with E-state index in [0.717, 1.165) is 29.6 Å². The van der Waals surface area contributed by atoms with E-state index in [1.54, 1.807) is 0 Å². The van der Waals surface area contributed by atoms with Gasteiger partial charge in [-0.3, -0.25) is 0 Å². The van der Waals surface area contributed by atoms with Gasteiger partial charge in [0.25, 0.3) is 0 Å². The zero-order valence-corrected chi connectivity index (χ0v) is 6.94. The summed E-state index contributed by atoms with van der Waals surface area (Å²) >= 11 is 12.6. The third-order valence-electron chi connectivity index (χ3n) is 4.40. The van der Waals surface area contributed by atoms with Crippen LogP contribution in [0.25, 0.3) is 0 Å². The molecular weight excluding hydrogens is 167 g/mol. The first-order valence-electron chi connectivity index (χ1n) is 4.09. The highest BCUT2D eigenvalue weighted by Crippen LogP contribution is 2.88. The number of halogens is 2. The zero-order valence-electron chi connectivity index (χ0n) is 5.43. The van der Waals surface area contributed by atoms with Crippen LogP contribution in [0.2, 0.25) is 0 Å². The average molecular weight is 175 g/mol. The fraction of sp³-hybridized carbons (Fsp3) is 1.00. The van der Waals surface area contributed by atoms with Gasteiger partial charge in [-0.15, -0.1) is 23.2 Å². The van der Waals surface area contributed by atoms with E-state index in [1.807, 2.05) is 0 Å². The Balaban J connectivity index is 1.96. The zero-order chi connectivity index (χ0) is 6.67. The van der Waals surface area contributed by atoms with E-state index in [4.69, 9.17) is 23.2 Å². The van der Waals surface area contributed by atoms with Crippen molar-refractivity contribution in [1.82, 2.24) is 0 Å². The molecule has 0 aromatic carbocycles. The van der Waals surface area contributed by atoms with Crippen molar-refractivity contribution < 1.29 is 0 Å². The summed E-state index contributed by atoms with van der Waals surface area (Å²) in [5.41, 5.74) is 0. The van der Waals surface area contributed by atoms with Gasteiger partial charge in [0.05, 0.1) is 10.3 Å². The second-order valence-electron chi connectivity index (χ2n) is 4.42. The van der Waals surface area contributed by atoms with E-state index >= 15 is 0 Å². The first-order valence-corrected chi connectivity index (χ1v) is 4.90. The molecule has 0 saturated heterocycles. The smallest absolute Gasteiger partial charge is 0.0678 e. The molecule has 0 aliphatic heterocycles. The fourth-order valence-corrected chi connectivity index (χ4v) is 5.27. The van der Waals surface area contributed by atoms with Crippen LogP contribution < -0.4 is 0 Å². The molecular formula is C8H8Cl2. The number of hydrogen-bond acceptors (Lipinski definition) is 0. The Kier molecular flexibility index (Phi) is 0.567. The van der Waals surface area contributed by atoms with E-state index in [-0.39, 0.29) is 4.87 Å². The summed E-state index contributed by atoms with van der Waals surface area (Å²) in [6.07, 6.45) is 1.41. The summed E-state index contributed by atoms with van der Waals surface area (Å²) in [6.45, 7) is 0. The molecule has 0 spiro atoms. The predicted molar refractivity (Wildman–Crippen MR) is 40.3 cm³/mol. The third kappa shape index (κ3) is 0.272. The molecule has 4 rings (SSSR count). The van der Waals surface area contributed by atoms with Crippen LogP contribution in [-0.4, -0.2) is 10.3 Å². The van der Waals surface area contributed by atoms with Gasteiger partial charge >= 0.3 is 0 Å². The fourth-order valence-electron chi connectivity index (χ4n) is 4.00. The van der Waals surface area contributed by atoms with Gasteiger partial charge in [0.2, 0.25) is 0 Å². The van der Waals surface area contributed by atoms with Gasteiger partial charge in [0, 0.05) is 0 Å². The number of hydrogen-bond donors (Lipinski definition) is 0. The first kappa shape index (κ1) is 5.27. The molecule has 0 aromatic heterocycles. The third-order valence-corrected chi connectivity index (χ3v) is 5.93. The summed E-state index contributed by atoms with van der Waals surface area (Å²) in [4.78, 5) is 0.103. The average Bonchev–Trinajstić information content (AvgIpc) is 2.65. The molecule has 0 heterocycles. The Bertz CT molecular complexity index is 223. The molecule has 54 valence electrons. The van der Waals surface area contributed by atoms with E-state index < -0.39 is 0 Å². The Morgan fingerprint density at radius 2 is 2.10 bits per heavy atom. The van der Waals surface area contributed by atoms with Crippen LogP contribution in [0.15, 0.2) is 0 Å². The van der Waals surface area contributed by atoms with E-state index in [2.05, 4.69) is 0 Å². The molecule has 4 saturated carbocycles. The first-order chi connectivity index (χ1) is 4.76. The Labute approximate surface area is 69.9 Å². The summed E-state index contributed by atoms with van der Waals surface area (Å²) in [7, 11) is 0. The largest absolute Gasteiger partial charge is 0.121 e. The molecule has 0 bridgehead atoms. The van der Waals surface area contributed by atoms with Crippen molar-refractivity contribution >= 4 is 23.2 Å². The quantitative estimate of drug-likeness (QED) is 0.494. The molecule has 0 radical (unpaired) electrons. The van der Waals surface area contributed by atoms with Crippen LogP contribution in [0.1, 0.15) is 6.42 Å². The predicted octanol–water partition coefficient (Wildman–Crippen LogP) is 2.10. The standard InChI is InChI=1S/C8H8Cl2/c9-7-5-2-1-3-6(4(2)5)8(3,7)10/h2-7H,1H2. The Morgan fingerprint density at radius 1 is 1.30 bits per heavy atom. The van der Waals surface area contributed by atoms with Crippen molar-refractivity contribution in [3.05, 3.63) is 0 Å². The molecule has 4 fully saturated rings. The van der Waals surface area contributed by atoms with Gasteiger partial charge in [0.1, 0.15) is 0 Å². The molecule has 7 unspecified atom stereocenters. The van der Waals surface area contributed by atoms with E-state index in [1.165, 1.54) is 6.42 Å². The molecule has 4 aliphatic carbocycles. The van der Waals surface area contributed by atoms with Crippen LogP contribution >= 0.6 is 23.2 Å². The highest BCUT2D eigenvalue weighted by atomic mass is 35.5. The van der Waals surface area contributed by atoms with Crippen molar-refractivity contribution in [3.8, 4) is 0 Å². The van der Waals surface area contributed by atoms with Crippen molar-refractivity contribution in [3.63, 3.8) is 0 Å². The lowest BCUT2D eigenvalue weighted by atomic mass is 10.00. The molecule has 10 heavy (non-hydrogen) atoms. The molecule has 0 N–H and O–H groups in total. The van der Waals surface area contributed by atoms with E-state index in [0.29, 0.717) is 5.38 Å². The second kappa shape index (κ2) is 1.08. The van der Waals surface area contributed by atoms with Crippen LogP contribution in [0.3, 0.4) is 0 Å². The van der Waals surface area contributed by atoms with Crippen LogP contribution in [0.4, 0.5) is 0 Å².